The number of carbonyl (C=O) groups is 1. The second kappa shape index (κ2) is 7.12. The highest BCUT2D eigenvalue weighted by Gasteiger charge is 2.19. The molecular formula is C12H16Cl2N2OS. The van der Waals surface area contributed by atoms with Gasteiger partial charge in [0.15, 0.2) is 0 Å². The van der Waals surface area contributed by atoms with Crippen LogP contribution in [0.2, 0.25) is 5.02 Å². The molecule has 2 rings (SSSR count). The number of carbonyl (C=O) groups excluding carboxylic acids is 1. The lowest BCUT2D eigenvalue weighted by molar-refractivity contribution is 0.0769. The van der Waals surface area contributed by atoms with Gasteiger partial charge < -0.3 is 10.6 Å². The molecule has 6 heteroatoms. The van der Waals surface area contributed by atoms with Crippen LogP contribution in [0, 0.1) is 0 Å². The number of hydrogen-bond acceptors (Lipinski definition) is 3. The molecule has 1 aromatic carbocycles. The van der Waals surface area contributed by atoms with Gasteiger partial charge in [0.25, 0.3) is 5.91 Å². The number of nitrogens with two attached hydrogens (primary N) is 1. The molecule has 3 nitrogen and oxygen atoms in total. The molecule has 0 unspecified atom stereocenters. The summed E-state index contributed by atoms with van der Waals surface area (Å²) in [5.74, 6) is 2.13. The molecule has 1 saturated heterocycles. The Kier molecular flexibility index (Phi) is 6.12. The van der Waals surface area contributed by atoms with E-state index in [1.165, 1.54) is 0 Å². The summed E-state index contributed by atoms with van der Waals surface area (Å²) in [7, 11) is 0. The summed E-state index contributed by atoms with van der Waals surface area (Å²) in [6.07, 6.45) is 1.04. The summed E-state index contributed by atoms with van der Waals surface area (Å²) < 4.78 is 0. The van der Waals surface area contributed by atoms with Crippen molar-refractivity contribution in [1.82, 2.24) is 4.90 Å². The predicted molar refractivity (Wildman–Crippen MR) is 81.0 cm³/mol. The number of nitrogen functional groups attached to an aromatic ring is 1. The minimum Gasteiger partial charge on any atom is -0.399 e. The average Bonchev–Trinajstić information content (AvgIpc) is 2.56. The van der Waals surface area contributed by atoms with Gasteiger partial charge in [-0.3, -0.25) is 4.79 Å². The van der Waals surface area contributed by atoms with Crippen LogP contribution in [0.4, 0.5) is 5.69 Å². The summed E-state index contributed by atoms with van der Waals surface area (Å²) in [5.41, 5.74) is 6.75. The Morgan fingerprint density at radius 2 is 2.11 bits per heavy atom. The zero-order valence-corrected chi connectivity index (χ0v) is 12.3. The smallest absolute Gasteiger partial charge is 0.255 e. The maximum absolute atomic E-state index is 12.3. The Balaban J connectivity index is 0.00000162. The van der Waals surface area contributed by atoms with Crippen molar-refractivity contribution < 1.29 is 4.79 Å². The van der Waals surface area contributed by atoms with Crippen LogP contribution >= 0.6 is 35.8 Å². The zero-order chi connectivity index (χ0) is 12.3. The van der Waals surface area contributed by atoms with Crippen LogP contribution in [-0.4, -0.2) is 35.4 Å². The number of thioether (sulfide) groups is 1. The molecule has 0 aromatic heterocycles. The molecule has 1 aromatic rings. The van der Waals surface area contributed by atoms with E-state index in [-0.39, 0.29) is 18.3 Å². The molecule has 100 valence electrons. The average molecular weight is 307 g/mol. The van der Waals surface area contributed by atoms with Crippen LogP contribution in [0.15, 0.2) is 18.2 Å². The first-order valence-electron chi connectivity index (χ1n) is 5.60. The fourth-order valence-corrected chi connectivity index (χ4v) is 2.98. The van der Waals surface area contributed by atoms with E-state index in [2.05, 4.69) is 0 Å². The molecule has 2 N–H and O–H groups in total. The fraction of sp³-hybridized carbons (Fsp3) is 0.417. The van der Waals surface area contributed by atoms with E-state index in [0.29, 0.717) is 16.3 Å². The van der Waals surface area contributed by atoms with E-state index < -0.39 is 0 Å². The van der Waals surface area contributed by atoms with Crippen LogP contribution < -0.4 is 5.73 Å². The number of halogens is 2. The quantitative estimate of drug-likeness (QED) is 0.812. The van der Waals surface area contributed by atoms with E-state index in [9.17, 15) is 4.79 Å². The second-order valence-corrected chi connectivity index (χ2v) is 5.63. The van der Waals surface area contributed by atoms with Gasteiger partial charge in [0.2, 0.25) is 0 Å². The summed E-state index contributed by atoms with van der Waals surface area (Å²) in [6, 6.07) is 5.05. The van der Waals surface area contributed by atoms with Crippen LogP contribution in [0.5, 0.6) is 0 Å². The normalized spacial score (nSPS) is 15.7. The standard InChI is InChI=1S/C12H15ClN2OS.ClH/c13-11-8-9(14)2-3-10(11)12(16)15-4-1-6-17-7-5-15;/h2-3,8H,1,4-7,14H2;1H. The lowest BCUT2D eigenvalue weighted by Crippen LogP contribution is -2.33. The molecule has 18 heavy (non-hydrogen) atoms. The molecule has 1 fully saturated rings. The Morgan fingerprint density at radius 3 is 2.83 bits per heavy atom. The van der Waals surface area contributed by atoms with Gasteiger partial charge in [-0.25, -0.2) is 0 Å². The molecule has 0 bridgehead atoms. The number of amides is 1. The third-order valence-corrected chi connectivity index (χ3v) is 4.09. The SMILES string of the molecule is Cl.Nc1ccc(C(=O)N2CCCSCC2)c(Cl)c1. The highest BCUT2D eigenvalue weighted by atomic mass is 35.5. The molecular weight excluding hydrogens is 291 g/mol. The summed E-state index contributed by atoms with van der Waals surface area (Å²) >= 11 is 7.94. The topological polar surface area (TPSA) is 46.3 Å². The zero-order valence-electron chi connectivity index (χ0n) is 9.89. The van der Waals surface area contributed by atoms with E-state index >= 15 is 0 Å². The maximum Gasteiger partial charge on any atom is 0.255 e. The number of hydrogen-bond donors (Lipinski definition) is 1. The first kappa shape index (κ1) is 15.5. The summed E-state index contributed by atoms with van der Waals surface area (Å²) in [6.45, 7) is 1.61. The Bertz CT molecular complexity index is 421. The minimum absolute atomic E-state index is 0. The highest BCUT2D eigenvalue weighted by Crippen LogP contribution is 2.22. The van der Waals surface area contributed by atoms with Gasteiger partial charge in [-0.1, -0.05) is 11.6 Å². The molecule has 1 aliphatic rings. The van der Waals surface area contributed by atoms with Crippen molar-refractivity contribution in [3.63, 3.8) is 0 Å². The molecule has 0 radical (unpaired) electrons. The molecule has 0 spiro atoms. The van der Waals surface area contributed by atoms with Gasteiger partial charge >= 0.3 is 0 Å². The third kappa shape index (κ3) is 3.70. The van der Waals surface area contributed by atoms with Crippen molar-refractivity contribution in [2.75, 3.05) is 30.3 Å². The highest BCUT2D eigenvalue weighted by molar-refractivity contribution is 7.99. The van der Waals surface area contributed by atoms with Gasteiger partial charge in [0.05, 0.1) is 10.6 Å². The maximum atomic E-state index is 12.3. The van der Waals surface area contributed by atoms with E-state index in [0.717, 1.165) is 31.0 Å². The van der Waals surface area contributed by atoms with Crippen molar-refractivity contribution in [2.24, 2.45) is 0 Å². The largest absolute Gasteiger partial charge is 0.399 e. The number of anilines is 1. The molecule has 1 amide bonds. The summed E-state index contributed by atoms with van der Waals surface area (Å²) in [5, 5.41) is 0.437. The predicted octanol–water partition coefficient (Wildman–Crippen LogP) is 2.92. The molecule has 0 aliphatic carbocycles. The van der Waals surface area contributed by atoms with Gasteiger partial charge in [-0.15, -0.1) is 12.4 Å². The van der Waals surface area contributed by atoms with Crippen molar-refractivity contribution in [2.45, 2.75) is 6.42 Å². The van der Waals surface area contributed by atoms with Crippen LogP contribution in [0.25, 0.3) is 0 Å². The van der Waals surface area contributed by atoms with Crippen LogP contribution in [0.1, 0.15) is 16.8 Å². The lowest BCUT2D eigenvalue weighted by atomic mass is 10.1. The Hall–Kier alpha value is -0.580. The summed E-state index contributed by atoms with van der Waals surface area (Å²) in [4.78, 5) is 14.1. The fourth-order valence-electron chi connectivity index (χ4n) is 1.82. The Morgan fingerprint density at radius 1 is 1.33 bits per heavy atom. The van der Waals surface area contributed by atoms with E-state index in [1.807, 2.05) is 16.7 Å². The van der Waals surface area contributed by atoms with Gasteiger partial charge in [0.1, 0.15) is 0 Å². The first-order valence-corrected chi connectivity index (χ1v) is 7.14. The van der Waals surface area contributed by atoms with Gasteiger partial charge in [-0.2, -0.15) is 11.8 Å². The van der Waals surface area contributed by atoms with E-state index in [1.54, 1.807) is 18.2 Å². The van der Waals surface area contributed by atoms with Crippen LogP contribution in [0.3, 0.4) is 0 Å². The second-order valence-electron chi connectivity index (χ2n) is 4.00. The minimum atomic E-state index is 0. The molecule has 0 atom stereocenters. The first-order chi connectivity index (χ1) is 8.18. The number of benzene rings is 1. The van der Waals surface area contributed by atoms with E-state index in [4.69, 9.17) is 17.3 Å². The molecule has 1 heterocycles. The molecule has 0 saturated carbocycles. The monoisotopic (exact) mass is 306 g/mol. The van der Waals surface area contributed by atoms with Crippen molar-refractivity contribution in [3.05, 3.63) is 28.8 Å². The lowest BCUT2D eigenvalue weighted by Gasteiger charge is -2.20. The van der Waals surface area contributed by atoms with Crippen molar-refractivity contribution >= 4 is 47.4 Å². The molecule has 1 aliphatic heterocycles. The van der Waals surface area contributed by atoms with Gasteiger partial charge in [-0.05, 0) is 30.4 Å². The van der Waals surface area contributed by atoms with Gasteiger partial charge in [0, 0.05) is 24.5 Å². The van der Waals surface area contributed by atoms with Crippen LogP contribution in [-0.2, 0) is 0 Å². The van der Waals surface area contributed by atoms with Crippen molar-refractivity contribution in [1.29, 1.82) is 0 Å². The number of rotatable bonds is 1. The Labute approximate surface area is 122 Å². The third-order valence-electron chi connectivity index (χ3n) is 2.73. The van der Waals surface area contributed by atoms with Crippen molar-refractivity contribution in [3.8, 4) is 0 Å². The number of nitrogens with zero attached hydrogens (tertiary/aromatic N) is 1.